The number of aryl methyl sites for hydroxylation is 1. The van der Waals surface area contributed by atoms with Crippen LogP contribution in [0.5, 0.6) is 0 Å². The number of rotatable bonds is 9. The second kappa shape index (κ2) is 8.71. The molecule has 0 aliphatic rings. The summed E-state index contributed by atoms with van der Waals surface area (Å²) in [6.07, 6.45) is 1.86. The van der Waals surface area contributed by atoms with Crippen molar-refractivity contribution in [1.29, 1.82) is 0 Å². The number of ether oxygens (including phenoxy) is 1. The van der Waals surface area contributed by atoms with Gasteiger partial charge in [0.1, 0.15) is 17.5 Å². The highest BCUT2D eigenvalue weighted by atomic mass is 16.5. The van der Waals surface area contributed by atoms with Crippen LogP contribution in [-0.2, 0) is 11.2 Å². The van der Waals surface area contributed by atoms with Crippen LogP contribution >= 0.6 is 0 Å². The smallest absolute Gasteiger partial charge is 0.148 e. The van der Waals surface area contributed by atoms with E-state index in [0.29, 0.717) is 12.4 Å². The van der Waals surface area contributed by atoms with Crippen LogP contribution in [0.2, 0.25) is 0 Å². The van der Waals surface area contributed by atoms with E-state index < -0.39 is 0 Å². The van der Waals surface area contributed by atoms with Crippen molar-refractivity contribution < 1.29 is 4.74 Å². The van der Waals surface area contributed by atoms with Crippen LogP contribution in [0, 0.1) is 6.92 Å². The molecule has 6 nitrogen and oxygen atoms in total. The fraction of sp³-hybridized carbons (Fsp3) is 0.714. The predicted molar refractivity (Wildman–Crippen MR) is 83.0 cm³/mol. The maximum Gasteiger partial charge on any atom is 0.148 e. The molecule has 0 aromatic carbocycles. The molecule has 6 heteroatoms. The van der Waals surface area contributed by atoms with Gasteiger partial charge in [0.15, 0.2) is 0 Å². The van der Waals surface area contributed by atoms with E-state index >= 15 is 0 Å². The van der Waals surface area contributed by atoms with Crippen molar-refractivity contribution in [2.45, 2.75) is 40.5 Å². The Balaban J connectivity index is 3.02. The standard InChI is InChI=1S/C14H27N5O/c1-5-8-12-16-13(18-15)11(4)14(17-12)19(6-2)9-10-20-7-3/h5-10,15H2,1-4H3,(H,16,17,18). The first-order valence-electron chi connectivity index (χ1n) is 7.34. The Morgan fingerprint density at radius 1 is 1.25 bits per heavy atom. The molecule has 0 spiro atoms. The first kappa shape index (κ1) is 16.7. The van der Waals surface area contributed by atoms with Crippen molar-refractivity contribution in [2.24, 2.45) is 5.84 Å². The van der Waals surface area contributed by atoms with E-state index in [1.807, 2.05) is 13.8 Å². The zero-order chi connectivity index (χ0) is 15.0. The summed E-state index contributed by atoms with van der Waals surface area (Å²) in [6.45, 7) is 11.3. The summed E-state index contributed by atoms with van der Waals surface area (Å²) in [6, 6.07) is 0. The van der Waals surface area contributed by atoms with Gasteiger partial charge in [0.25, 0.3) is 0 Å². The first-order chi connectivity index (χ1) is 9.67. The third-order valence-corrected chi connectivity index (χ3v) is 3.17. The molecule has 0 saturated carbocycles. The zero-order valence-corrected chi connectivity index (χ0v) is 13.1. The van der Waals surface area contributed by atoms with E-state index in [4.69, 9.17) is 10.6 Å². The summed E-state index contributed by atoms with van der Waals surface area (Å²) >= 11 is 0. The van der Waals surface area contributed by atoms with Crippen molar-refractivity contribution in [3.05, 3.63) is 11.4 Å². The third-order valence-electron chi connectivity index (χ3n) is 3.17. The summed E-state index contributed by atoms with van der Waals surface area (Å²) in [5.41, 5.74) is 3.65. The molecule has 20 heavy (non-hydrogen) atoms. The van der Waals surface area contributed by atoms with Crippen LogP contribution in [0.3, 0.4) is 0 Å². The SMILES string of the molecule is CCCc1nc(NN)c(C)c(N(CC)CCOCC)n1. The van der Waals surface area contributed by atoms with Crippen LogP contribution in [0.25, 0.3) is 0 Å². The third kappa shape index (κ3) is 4.31. The molecule has 0 aliphatic heterocycles. The lowest BCUT2D eigenvalue weighted by molar-refractivity contribution is 0.154. The van der Waals surface area contributed by atoms with Gasteiger partial charge in [-0.1, -0.05) is 6.92 Å². The average molecular weight is 281 g/mol. The predicted octanol–water partition coefficient (Wildman–Crippen LogP) is 1.89. The van der Waals surface area contributed by atoms with Crippen LogP contribution in [-0.4, -0.2) is 36.3 Å². The van der Waals surface area contributed by atoms with E-state index in [0.717, 1.165) is 49.7 Å². The summed E-state index contributed by atoms with van der Waals surface area (Å²) in [5.74, 6) is 8.04. The maximum atomic E-state index is 5.56. The number of nitrogens with zero attached hydrogens (tertiary/aromatic N) is 3. The number of nitrogens with one attached hydrogen (secondary N) is 1. The number of likely N-dealkylation sites (N-methyl/N-ethyl adjacent to an activating group) is 1. The van der Waals surface area contributed by atoms with Gasteiger partial charge < -0.3 is 15.1 Å². The largest absolute Gasteiger partial charge is 0.380 e. The summed E-state index contributed by atoms with van der Waals surface area (Å²) in [4.78, 5) is 11.3. The molecular formula is C14H27N5O. The van der Waals surface area contributed by atoms with E-state index in [9.17, 15) is 0 Å². The number of aromatic nitrogens is 2. The van der Waals surface area contributed by atoms with Gasteiger partial charge in [0.2, 0.25) is 0 Å². The first-order valence-corrected chi connectivity index (χ1v) is 7.34. The Kier molecular flexibility index (Phi) is 7.25. The highest BCUT2D eigenvalue weighted by molar-refractivity contribution is 5.58. The van der Waals surface area contributed by atoms with E-state index in [1.54, 1.807) is 0 Å². The molecule has 0 saturated heterocycles. The Morgan fingerprint density at radius 2 is 2.00 bits per heavy atom. The van der Waals surface area contributed by atoms with Gasteiger partial charge in [-0.25, -0.2) is 15.8 Å². The van der Waals surface area contributed by atoms with Crippen LogP contribution in [0.15, 0.2) is 0 Å². The second-order valence-corrected chi connectivity index (χ2v) is 4.61. The molecule has 0 amide bonds. The number of nitrogen functional groups attached to an aromatic ring is 1. The fourth-order valence-corrected chi connectivity index (χ4v) is 2.07. The Morgan fingerprint density at radius 3 is 2.55 bits per heavy atom. The normalized spacial score (nSPS) is 10.7. The lowest BCUT2D eigenvalue weighted by Gasteiger charge is -2.25. The molecule has 1 aromatic heterocycles. The second-order valence-electron chi connectivity index (χ2n) is 4.61. The molecule has 0 fully saturated rings. The quantitative estimate of drug-likeness (QED) is 0.409. The fourth-order valence-electron chi connectivity index (χ4n) is 2.07. The van der Waals surface area contributed by atoms with Crippen LogP contribution < -0.4 is 16.2 Å². The zero-order valence-electron chi connectivity index (χ0n) is 13.1. The molecule has 3 N–H and O–H groups in total. The van der Waals surface area contributed by atoms with Crippen molar-refractivity contribution in [3.8, 4) is 0 Å². The van der Waals surface area contributed by atoms with E-state index in [2.05, 4.69) is 34.1 Å². The molecule has 1 aromatic rings. The summed E-state index contributed by atoms with van der Waals surface area (Å²) < 4.78 is 5.44. The molecular weight excluding hydrogens is 254 g/mol. The van der Waals surface area contributed by atoms with Gasteiger partial charge in [-0.05, 0) is 27.2 Å². The van der Waals surface area contributed by atoms with Gasteiger partial charge in [0.05, 0.1) is 6.61 Å². The minimum Gasteiger partial charge on any atom is -0.380 e. The van der Waals surface area contributed by atoms with Gasteiger partial charge in [-0.2, -0.15) is 0 Å². The minimum atomic E-state index is 0.697. The Hall–Kier alpha value is -1.40. The molecule has 114 valence electrons. The van der Waals surface area contributed by atoms with Crippen molar-refractivity contribution in [1.82, 2.24) is 9.97 Å². The lowest BCUT2D eigenvalue weighted by Crippen LogP contribution is -2.30. The molecule has 0 aliphatic carbocycles. The number of hydrogen-bond acceptors (Lipinski definition) is 6. The average Bonchev–Trinajstić information content (AvgIpc) is 2.46. The van der Waals surface area contributed by atoms with Crippen LogP contribution in [0.1, 0.15) is 38.6 Å². The Labute approximate surface area is 121 Å². The highest BCUT2D eigenvalue weighted by Gasteiger charge is 2.15. The number of hydrazine groups is 1. The Bertz CT molecular complexity index is 411. The number of nitrogens with two attached hydrogens (primary N) is 1. The molecule has 0 atom stereocenters. The van der Waals surface area contributed by atoms with Gasteiger partial charge in [-0.15, -0.1) is 0 Å². The maximum absolute atomic E-state index is 5.56. The van der Waals surface area contributed by atoms with Gasteiger partial charge in [-0.3, -0.25) is 0 Å². The topological polar surface area (TPSA) is 76.3 Å². The molecule has 0 radical (unpaired) electrons. The highest BCUT2D eigenvalue weighted by Crippen LogP contribution is 2.23. The molecule has 0 unspecified atom stereocenters. The van der Waals surface area contributed by atoms with Crippen LogP contribution in [0.4, 0.5) is 11.6 Å². The van der Waals surface area contributed by atoms with Crippen molar-refractivity contribution in [2.75, 3.05) is 36.6 Å². The van der Waals surface area contributed by atoms with Gasteiger partial charge in [0, 0.05) is 31.7 Å². The summed E-state index contributed by atoms with van der Waals surface area (Å²) in [5, 5.41) is 0. The van der Waals surface area contributed by atoms with Gasteiger partial charge >= 0.3 is 0 Å². The molecule has 1 heterocycles. The number of anilines is 2. The lowest BCUT2D eigenvalue weighted by atomic mass is 10.2. The monoisotopic (exact) mass is 281 g/mol. The number of hydrogen-bond donors (Lipinski definition) is 2. The van der Waals surface area contributed by atoms with Crippen molar-refractivity contribution >= 4 is 11.6 Å². The molecule has 1 rings (SSSR count). The van der Waals surface area contributed by atoms with Crippen molar-refractivity contribution in [3.63, 3.8) is 0 Å². The molecule has 0 bridgehead atoms. The van der Waals surface area contributed by atoms with E-state index in [-0.39, 0.29) is 0 Å². The minimum absolute atomic E-state index is 0.697. The van der Waals surface area contributed by atoms with E-state index in [1.165, 1.54) is 0 Å². The summed E-state index contributed by atoms with van der Waals surface area (Å²) in [7, 11) is 0.